The van der Waals surface area contributed by atoms with Crippen LogP contribution in [-0.4, -0.2) is 21.7 Å². The molecule has 0 atom stereocenters. The van der Waals surface area contributed by atoms with Crippen molar-refractivity contribution in [2.24, 2.45) is 11.7 Å². The highest BCUT2D eigenvalue weighted by Gasteiger charge is 2.10. The first-order valence-electron chi connectivity index (χ1n) is 5.02. The zero-order valence-corrected chi connectivity index (χ0v) is 11.6. The molecule has 0 aliphatic rings. The quantitative estimate of drug-likeness (QED) is 0.427. The Morgan fingerprint density at radius 3 is 2.29 bits per heavy atom. The van der Waals surface area contributed by atoms with Crippen LogP contribution >= 0.6 is 34.0 Å². The van der Waals surface area contributed by atoms with E-state index in [1.54, 1.807) is 11.0 Å². The van der Waals surface area contributed by atoms with Crippen LogP contribution in [0.3, 0.4) is 0 Å². The van der Waals surface area contributed by atoms with Gasteiger partial charge in [0.05, 0.1) is 0 Å². The molecule has 0 aliphatic carbocycles. The van der Waals surface area contributed by atoms with Crippen molar-refractivity contribution in [3.8, 4) is 0 Å². The molecule has 0 heterocycles. The molecule has 84 valence electrons. The number of thiocarbonyl (C=S) groups is 1. The molecule has 5 heteroatoms. The van der Waals surface area contributed by atoms with Crippen molar-refractivity contribution in [2.45, 2.75) is 33.6 Å². The van der Waals surface area contributed by atoms with Gasteiger partial charge in [-0.1, -0.05) is 45.8 Å². The standard InChI is InChI=1S/C9H20N2S3/c1-4-8(5-2)7-11(6-3)14-13-9(10)12/h8H,4-7H2,1-3H3,(H2,10,12). The minimum absolute atomic E-state index is 0.512. The topological polar surface area (TPSA) is 29.3 Å². The summed E-state index contributed by atoms with van der Waals surface area (Å²) in [6.07, 6.45) is 2.48. The monoisotopic (exact) mass is 252 g/mol. The molecule has 0 aromatic heterocycles. The van der Waals surface area contributed by atoms with Gasteiger partial charge in [0.2, 0.25) is 0 Å². The van der Waals surface area contributed by atoms with Gasteiger partial charge in [-0.3, -0.25) is 0 Å². The molecule has 0 spiro atoms. The van der Waals surface area contributed by atoms with E-state index >= 15 is 0 Å². The summed E-state index contributed by atoms with van der Waals surface area (Å²) in [5.74, 6) is 0.786. The van der Waals surface area contributed by atoms with Gasteiger partial charge in [0.25, 0.3) is 0 Å². The normalized spacial score (nSPS) is 11.2. The number of nitrogens with zero attached hydrogens (tertiary/aromatic N) is 1. The summed E-state index contributed by atoms with van der Waals surface area (Å²) in [6, 6.07) is 0. The highest BCUT2D eigenvalue weighted by atomic mass is 33.1. The zero-order valence-electron chi connectivity index (χ0n) is 9.16. The van der Waals surface area contributed by atoms with E-state index < -0.39 is 0 Å². The Morgan fingerprint density at radius 1 is 1.36 bits per heavy atom. The van der Waals surface area contributed by atoms with Crippen molar-refractivity contribution in [3.63, 3.8) is 0 Å². The maximum Gasteiger partial charge on any atom is 0.143 e. The minimum Gasteiger partial charge on any atom is -0.384 e. The predicted molar refractivity (Wildman–Crippen MR) is 73.3 cm³/mol. The summed E-state index contributed by atoms with van der Waals surface area (Å²) >= 11 is 4.83. The molecule has 0 aromatic rings. The van der Waals surface area contributed by atoms with Crippen LogP contribution in [0.15, 0.2) is 0 Å². The van der Waals surface area contributed by atoms with Crippen LogP contribution in [0.2, 0.25) is 0 Å². The van der Waals surface area contributed by atoms with E-state index in [1.807, 2.05) is 0 Å². The highest BCUT2D eigenvalue weighted by molar-refractivity contribution is 8.82. The Hall–Kier alpha value is 0.550. The van der Waals surface area contributed by atoms with Gasteiger partial charge in [-0.05, 0) is 27.7 Å². The number of hydrogen-bond donors (Lipinski definition) is 1. The predicted octanol–water partition coefficient (Wildman–Crippen LogP) is 3.28. The second kappa shape index (κ2) is 8.83. The van der Waals surface area contributed by atoms with E-state index in [0.29, 0.717) is 4.32 Å². The molecule has 2 N–H and O–H groups in total. The molecule has 0 aromatic carbocycles. The number of hydrogen-bond acceptors (Lipinski definition) is 4. The summed E-state index contributed by atoms with van der Waals surface area (Å²) in [6.45, 7) is 8.82. The van der Waals surface area contributed by atoms with Crippen LogP contribution in [0.4, 0.5) is 0 Å². The van der Waals surface area contributed by atoms with Crippen LogP contribution < -0.4 is 5.73 Å². The first-order chi connectivity index (χ1) is 6.63. The summed E-state index contributed by atoms with van der Waals surface area (Å²) in [5, 5.41) is 0. The lowest BCUT2D eigenvalue weighted by Crippen LogP contribution is -2.22. The Morgan fingerprint density at radius 2 is 1.93 bits per heavy atom. The van der Waals surface area contributed by atoms with Gasteiger partial charge in [-0.15, -0.1) is 0 Å². The average molecular weight is 252 g/mol. The Labute approximate surface area is 101 Å². The third-order valence-electron chi connectivity index (χ3n) is 2.19. The molecule has 0 saturated heterocycles. The Balaban J connectivity index is 3.82. The molecule has 0 unspecified atom stereocenters. The SMILES string of the molecule is CCC(CC)CN(CC)SSC(N)=S. The smallest absolute Gasteiger partial charge is 0.143 e. The van der Waals surface area contributed by atoms with Crippen molar-refractivity contribution in [3.05, 3.63) is 0 Å². The molecule has 0 fully saturated rings. The summed E-state index contributed by atoms with van der Waals surface area (Å²) in [7, 11) is 3.15. The Kier molecular flexibility index (Phi) is 9.17. The van der Waals surface area contributed by atoms with Crippen LogP contribution in [0.25, 0.3) is 0 Å². The van der Waals surface area contributed by atoms with Crippen molar-refractivity contribution in [1.82, 2.24) is 4.31 Å². The maximum atomic E-state index is 5.44. The van der Waals surface area contributed by atoms with Gasteiger partial charge < -0.3 is 5.73 Å². The minimum atomic E-state index is 0.512. The lowest BCUT2D eigenvalue weighted by atomic mass is 10.0. The van der Waals surface area contributed by atoms with E-state index in [-0.39, 0.29) is 0 Å². The molecular formula is C9H20N2S3. The van der Waals surface area contributed by atoms with Gasteiger partial charge in [-0.2, -0.15) is 0 Å². The molecule has 14 heavy (non-hydrogen) atoms. The molecule has 0 rings (SSSR count). The fourth-order valence-electron chi connectivity index (χ4n) is 1.14. The lowest BCUT2D eigenvalue weighted by molar-refractivity contribution is 0.367. The first kappa shape index (κ1) is 14.6. The van der Waals surface area contributed by atoms with E-state index in [9.17, 15) is 0 Å². The first-order valence-corrected chi connectivity index (χ1v) is 7.54. The van der Waals surface area contributed by atoms with E-state index in [4.69, 9.17) is 18.0 Å². The number of rotatable bonds is 7. The molecule has 0 radical (unpaired) electrons. The third-order valence-corrected chi connectivity index (χ3v) is 5.01. The molecule has 0 bridgehead atoms. The van der Waals surface area contributed by atoms with Crippen molar-refractivity contribution < 1.29 is 0 Å². The van der Waals surface area contributed by atoms with Crippen LogP contribution in [0.1, 0.15) is 33.6 Å². The second-order valence-corrected chi connectivity index (χ2v) is 6.06. The summed E-state index contributed by atoms with van der Waals surface area (Å²) < 4.78 is 2.83. The zero-order chi connectivity index (χ0) is 11.0. The van der Waals surface area contributed by atoms with Crippen molar-refractivity contribution in [1.29, 1.82) is 0 Å². The van der Waals surface area contributed by atoms with Crippen LogP contribution in [-0.2, 0) is 0 Å². The van der Waals surface area contributed by atoms with Crippen molar-refractivity contribution >= 4 is 38.3 Å². The van der Waals surface area contributed by atoms with Gasteiger partial charge in [0.15, 0.2) is 0 Å². The van der Waals surface area contributed by atoms with E-state index in [0.717, 1.165) is 19.0 Å². The fourth-order valence-corrected chi connectivity index (χ4v) is 3.00. The number of nitrogens with two attached hydrogens (primary N) is 1. The summed E-state index contributed by atoms with van der Waals surface area (Å²) in [5.41, 5.74) is 5.44. The second-order valence-electron chi connectivity index (χ2n) is 3.14. The molecule has 0 aliphatic heterocycles. The fraction of sp³-hybridized carbons (Fsp3) is 0.889. The van der Waals surface area contributed by atoms with Gasteiger partial charge in [0.1, 0.15) is 4.32 Å². The van der Waals surface area contributed by atoms with E-state index in [1.165, 1.54) is 23.6 Å². The highest BCUT2D eigenvalue weighted by Crippen LogP contribution is 2.27. The molecular weight excluding hydrogens is 232 g/mol. The summed E-state index contributed by atoms with van der Waals surface area (Å²) in [4.78, 5) is 0. The average Bonchev–Trinajstić information content (AvgIpc) is 2.18. The van der Waals surface area contributed by atoms with Gasteiger partial charge in [-0.25, -0.2) is 4.31 Å². The molecule has 2 nitrogen and oxygen atoms in total. The van der Waals surface area contributed by atoms with Gasteiger partial charge >= 0.3 is 0 Å². The van der Waals surface area contributed by atoms with Gasteiger partial charge in [0, 0.05) is 13.1 Å². The largest absolute Gasteiger partial charge is 0.384 e. The maximum absolute atomic E-state index is 5.44. The van der Waals surface area contributed by atoms with E-state index in [2.05, 4.69) is 25.1 Å². The van der Waals surface area contributed by atoms with Crippen molar-refractivity contribution in [2.75, 3.05) is 13.1 Å². The van der Waals surface area contributed by atoms with Crippen LogP contribution in [0.5, 0.6) is 0 Å². The molecule has 0 amide bonds. The Bertz CT molecular complexity index is 160. The lowest BCUT2D eigenvalue weighted by Gasteiger charge is -2.22. The van der Waals surface area contributed by atoms with Crippen LogP contribution in [0, 0.1) is 5.92 Å². The third kappa shape index (κ3) is 6.92. The molecule has 0 saturated carbocycles.